The molecule has 26 heavy (non-hydrogen) atoms. The number of rotatable bonds is 3. The van der Waals surface area contributed by atoms with Gasteiger partial charge in [0.2, 0.25) is 5.91 Å². The van der Waals surface area contributed by atoms with Crippen LogP contribution in [0.25, 0.3) is 0 Å². The molecule has 1 N–H and O–H groups in total. The molecule has 0 aliphatic carbocycles. The number of nitrogens with zero attached hydrogens (tertiary/aromatic N) is 2. The molecule has 0 saturated heterocycles. The Kier molecular flexibility index (Phi) is 5.23. The van der Waals surface area contributed by atoms with Gasteiger partial charge in [0.1, 0.15) is 0 Å². The molecule has 6 heteroatoms. The minimum absolute atomic E-state index is 0.0563. The fourth-order valence-electron chi connectivity index (χ4n) is 2.82. The van der Waals surface area contributed by atoms with Crippen LogP contribution in [-0.2, 0) is 23.2 Å². The number of carbonyl (C=O) groups excluding carboxylic acids is 1. The van der Waals surface area contributed by atoms with E-state index in [0.29, 0.717) is 17.5 Å². The highest BCUT2D eigenvalue weighted by Crippen LogP contribution is 2.28. The van der Waals surface area contributed by atoms with Crippen LogP contribution in [0.5, 0.6) is 0 Å². The van der Waals surface area contributed by atoms with Gasteiger partial charge >= 0.3 is 0 Å². The van der Waals surface area contributed by atoms with Gasteiger partial charge in [0.15, 0.2) is 5.16 Å². The maximum Gasteiger partial charge on any atom is 0.254 e. The number of thioether (sulfide) groups is 1. The molecule has 0 spiro atoms. The Morgan fingerprint density at radius 1 is 1.31 bits per heavy atom. The van der Waals surface area contributed by atoms with Crippen molar-refractivity contribution in [3.63, 3.8) is 0 Å². The topological polar surface area (TPSA) is 64.0 Å². The molecule has 1 unspecified atom stereocenters. The van der Waals surface area contributed by atoms with Crippen LogP contribution in [0, 0.1) is 5.92 Å². The summed E-state index contributed by atoms with van der Waals surface area (Å²) in [7, 11) is 0. The highest BCUT2D eigenvalue weighted by Gasteiger charge is 2.28. The number of benzene rings is 1. The molecule has 5 nitrogen and oxygen atoms in total. The Hall–Kier alpha value is -2.08. The second kappa shape index (κ2) is 7.27. The summed E-state index contributed by atoms with van der Waals surface area (Å²) in [5.74, 6) is 0.316. The van der Waals surface area contributed by atoms with E-state index in [0.717, 1.165) is 17.8 Å². The molecule has 1 aliphatic rings. The van der Waals surface area contributed by atoms with Gasteiger partial charge in [-0.2, -0.15) is 0 Å². The molecule has 1 amide bonds. The van der Waals surface area contributed by atoms with Crippen LogP contribution in [0.15, 0.2) is 40.3 Å². The average Bonchev–Trinajstić information content (AvgIpc) is 2.61. The fourth-order valence-corrected chi connectivity index (χ4v) is 3.91. The number of nitrogens with one attached hydrogen (secondary N) is 1. The summed E-state index contributed by atoms with van der Waals surface area (Å²) < 4.78 is 1.62. The van der Waals surface area contributed by atoms with E-state index in [9.17, 15) is 9.59 Å². The van der Waals surface area contributed by atoms with Gasteiger partial charge in [-0.05, 0) is 24.1 Å². The van der Waals surface area contributed by atoms with E-state index in [2.05, 4.69) is 17.2 Å². The Morgan fingerprint density at radius 3 is 2.62 bits per heavy atom. The first-order valence-electron chi connectivity index (χ1n) is 8.93. The molecule has 0 saturated carbocycles. The minimum Gasteiger partial charge on any atom is -0.326 e. The summed E-state index contributed by atoms with van der Waals surface area (Å²) in [6.45, 7) is 8.59. The summed E-state index contributed by atoms with van der Waals surface area (Å²) in [5, 5.41) is 3.67. The number of anilines is 1. The summed E-state index contributed by atoms with van der Waals surface area (Å²) in [5.41, 5.74) is 2.56. The average molecular weight is 372 g/mol. The molecular formula is C20H25N3O2S. The predicted octanol–water partition coefficient (Wildman–Crippen LogP) is 3.46. The van der Waals surface area contributed by atoms with Crippen molar-refractivity contribution in [2.75, 3.05) is 11.1 Å². The third-order valence-corrected chi connectivity index (χ3v) is 5.70. The number of hydrogen-bond donors (Lipinski definition) is 1. The third kappa shape index (κ3) is 4.01. The van der Waals surface area contributed by atoms with Crippen molar-refractivity contribution in [3.05, 3.63) is 51.9 Å². The van der Waals surface area contributed by atoms with E-state index in [1.54, 1.807) is 10.6 Å². The van der Waals surface area contributed by atoms with Crippen LogP contribution in [0.3, 0.4) is 0 Å². The van der Waals surface area contributed by atoms with Gasteiger partial charge in [-0.25, -0.2) is 4.98 Å². The molecule has 138 valence electrons. The Labute approximate surface area is 158 Å². The Balaban J connectivity index is 1.75. The fraction of sp³-hybridized carbons (Fsp3) is 0.450. The predicted molar refractivity (Wildman–Crippen MR) is 106 cm³/mol. The van der Waals surface area contributed by atoms with Crippen LogP contribution >= 0.6 is 11.8 Å². The van der Waals surface area contributed by atoms with Crippen LogP contribution in [0.2, 0.25) is 0 Å². The zero-order chi connectivity index (χ0) is 18.9. The maximum atomic E-state index is 12.6. The van der Waals surface area contributed by atoms with E-state index in [1.807, 2.05) is 45.0 Å². The van der Waals surface area contributed by atoms with E-state index < -0.39 is 0 Å². The maximum absolute atomic E-state index is 12.6. The van der Waals surface area contributed by atoms with Crippen molar-refractivity contribution in [1.82, 2.24) is 9.55 Å². The first kappa shape index (κ1) is 18.7. The number of aromatic nitrogens is 2. The van der Waals surface area contributed by atoms with Crippen molar-refractivity contribution in [2.24, 2.45) is 5.92 Å². The largest absolute Gasteiger partial charge is 0.326 e. The van der Waals surface area contributed by atoms with E-state index >= 15 is 0 Å². The van der Waals surface area contributed by atoms with Gasteiger partial charge in [-0.1, -0.05) is 51.6 Å². The molecule has 2 heterocycles. The smallest absolute Gasteiger partial charge is 0.254 e. The Bertz CT molecular complexity index is 866. The molecule has 1 aromatic carbocycles. The number of carbonyl (C=O) groups is 1. The minimum atomic E-state index is -0.252. The third-order valence-electron chi connectivity index (χ3n) is 4.56. The van der Waals surface area contributed by atoms with Crippen molar-refractivity contribution in [1.29, 1.82) is 0 Å². The highest BCUT2D eigenvalue weighted by molar-refractivity contribution is 7.99. The second-order valence-electron chi connectivity index (χ2n) is 7.67. The van der Waals surface area contributed by atoms with Gasteiger partial charge in [-0.3, -0.25) is 14.2 Å². The lowest BCUT2D eigenvalue weighted by Crippen LogP contribution is -2.37. The van der Waals surface area contributed by atoms with Crippen molar-refractivity contribution in [2.45, 2.75) is 51.2 Å². The second-order valence-corrected chi connectivity index (χ2v) is 8.66. The van der Waals surface area contributed by atoms with Crippen LogP contribution in [0.4, 0.5) is 5.69 Å². The first-order chi connectivity index (χ1) is 12.3. The molecule has 1 aromatic heterocycles. The van der Waals surface area contributed by atoms with E-state index in [4.69, 9.17) is 0 Å². The highest BCUT2D eigenvalue weighted by atomic mass is 32.2. The van der Waals surface area contributed by atoms with Crippen molar-refractivity contribution >= 4 is 23.4 Å². The molecule has 1 atom stereocenters. The van der Waals surface area contributed by atoms with E-state index in [1.165, 1.54) is 17.3 Å². The lowest BCUT2D eigenvalue weighted by Gasteiger charge is -2.26. The summed E-state index contributed by atoms with van der Waals surface area (Å²) in [4.78, 5) is 29.8. The monoisotopic (exact) mass is 371 g/mol. The van der Waals surface area contributed by atoms with Crippen molar-refractivity contribution < 1.29 is 4.79 Å². The molecule has 1 aliphatic heterocycles. The van der Waals surface area contributed by atoms with Crippen molar-refractivity contribution in [3.8, 4) is 0 Å². The van der Waals surface area contributed by atoms with Gasteiger partial charge in [-0.15, -0.1) is 0 Å². The first-order valence-corrected chi connectivity index (χ1v) is 9.91. The Morgan fingerprint density at radius 2 is 2.00 bits per heavy atom. The normalized spacial score (nSPS) is 16.8. The number of fused-ring (bicyclic) bond motifs is 1. The summed E-state index contributed by atoms with van der Waals surface area (Å²) in [6.07, 6.45) is 0.969. The van der Waals surface area contributed by atoms with Gasteiger partial charge in [0.25, 0.3) is 5.56 Å². The summed E-state index contributed by atoms with van der Waals surface area (Å²) >= 11 is 1.48. The molecule has 0 radical (unpaired) electrons. The molecule has 0 bridgehead atoms. The standard InChI is InChI=1S/C20H25N3O2S/c1-5-13-6-8-15(9-7-13)21-18(25)14-11-23-17(24)10-16(20(2,3)4)22-19(23)26-12-14/h6-10,14H,5,11-12H2,1-4H3,(H,21,25). The molecule has 0 fully saturated rings. The lowest BCUT2D eigenvalue weighted by molar-refractivity contribution is -0.119. The van der Waals surface area contributed by atoms with Gasteiger partial charge in [0, 0.05) is 29.5 Å². The zero-order valence-electron chi connectivity index (χ0n) is 15.7. The summed E-state index contributed by atoms with van der Waals surface area (Å²) in [6, 6.07) is 9.47. The van der Waals surface area contributed by atoms with Gasteiger partial charge in [0.05, 0.1) is 11.6 Å². The number of aryl methyl sites for hydroxylation is 1. The molecule has 2 aromatic rings. The lowest BCUT2D eigenvalue weighted by atomic mass is 9.92. The molecule has 3 rings (SSSR count). The quantitative estimate of drug-likeness (QED) is 0.839. The molecular weight excluding hydrogens is 346 g/mol. The number of hydrogen-bond acceptors (Lipinski definition) is 4. The number of amides is 1. The van der Waals surface area contributed by atoms with Crippen LogP contribution in [-0.4, -0.2) is 21.2 Å². The zero-order valence-corrected chi connectivity index (χ0v) is 16.5. The van der Waals surface area contributed by atoms with Crippen LogP contribution in [0.1, 0.15) is 39.0 Å². The van der Waals surface area contributed by atoms with Gasteiger partial charge < -0.3 is 5.32 Å². The van der Waals surface area contributed by atoms with E-state index in [-0.39, 0.29) is 22.8 Å². The SMILES string of the molecule is CCc1ccc(NC(=O)C2CSc3nc(C(C)(C)C)cc(=O)n3C2)cc1. The van der Waals surface area contributed by atoms with Crippen LogP contribution < -0.4 is 10.9 Å².